The number of fused-ring (bicyclic) bond motifs is 2. The van der Waals surface area contributed by atoms with Crippen molar-refractivity contribution in [3.8, 4) is 28.4 Å². The first-order valence-corrected chi connectivity index (χ1v) is 13.6. The number of nitrogens with one attached hydrogen (secondary N) is 1. The Bertz CT molecular complexity index is 1760. The van der Waals surface area contributed by atoms with E-state index in [-0.39, 0.29) is 23.9 Å². The molecule has 6 aromatic rings. The third-order valence-corrected chi connectivity index (χ3v) is 7.29. The highest BCUT2D eigenvalue weighted by molar-refractivity contribution is 5.94. The van der Waals surface area contributed by atoms with E-state index in [9.17, 15) is 10.2 Å². The maximum atomic E-state index is 10.0. The molecule has 0 saturated carbocycles. The van der Waals surface area contributed by atoms with Gasteiger partial charge >= 0.3 is 0 Å². The van der Waals surface area contributed by atoms with Crippen molar-refractivity contribution in [2.75, 3.05) is 18.5 Å². The Morgan fingerprint density at radius 2 is 1.39 bits per heavy atom. The van der Waals surface area contributed by atoms with Gasteiger partial charge in [0.25, 0.3) is 0 Å². The number of rotatable bonds is 9. The second-order valence-electron chi connectivity index (χ2n) is 10.0. The Morgan fingerprint density at radius 3 is 2.22 bits per heavy atom. The summed E-state index contributed by atoms with van der Waals surface area (Å²) < 4.78 is 6.03. The number of hydrogen-bond acceptors (Lipinski definition) is 4. The van der Waals surface area contributed by atoms with Crippen LogP contribution in [0.1, 0.15) is 17.5 Å². The second kappa shape index (κ2) is 12.7. The van der Waals surface area contributed by atoms with E-state index < -0.39 is 0 Å². The van der Waals surface area contributed by atoms with Crippen LogP contribution in [-0.2, 0) is 6.42 Å². The average molecular weight is 562 g/mol. The summed E-state index contributed by atoms with van der Waals surface area (Å²) in [4.78, 5) is 0. The van der Waals surface area contributed by atoms with Crippen LogP contribution >= 0.6 is 12.4 Å². The van der Waals surface area contributed by atoms with Gasteiger partial charge < -0.3 is 20.3 Å². The predicted molar refractivity (Wildman–Crippen MR) is 172 cm³/mol. The van der Waals surface area contributed by atoms with E-state index >= 15 is 0 Å². The lowest BCUT2D eigenvalue weighted by molar-refractivity contribution is 0.315. The first-order chi connectivity index (χ1) is 19.6. The maximum absolute atomic E-state index is 10.0. The van der Waals surface area contributed by atoms with E-state index in [2.05, 4.69) is 66.0 Å². The van der Waals surface area contributed by atoms with E-state index in [1.54, 1.807) is 24.3 Å². The molecule has 0 heterocycles. The first-order valence-electron chi connectivity index (χ1n) is 13.6. The van der Waals surface area contributed by atoms with Crippen molar-refractivity contribution in [1.82, 2.24) is 0 Å². The minimum atomic E-state index is 0. The van der Waals surface area contributed by atoms with E-state index in [1.807, 2.05) is 36.4 Å². The molecule has 206 valence electrons. The predicted octanol–water partition coefficient (Wildman–Crippen LogP) is 8.96. The summed E-state index contributed by atoms with van der Waals surface area (Å²) in [5, 5.41) is 27.9. The van der Waals surface area contributed by atoms with Gasteiger partial charge in [0.2, 0.25) is 0 Å². The summed E-state index contributed by atoms with van der Waals surface area (Å²) in [5.41, 5.74) is 5.65. The lowest BCUT2D eigenvalue weighted by Gasteiger charge is -2.15. The van der Waals surface area contributed by atoms with Crippen molar-refractivity contribution in [2.45, 2.75) is 12.8 Å². The molecule has 0 unspecified atom stereocenters. The zero-order valence-electron chi connectivity index (χ0n) is 22.6. The fourth-order valence-corrected chi connectivity index (χ4v) is 5.26. The Labute approximate surface area is 246 Å². The minimum absolute atomic E-state index is 0. The largest absolute Gasteiger partial charge is 0.508 e. The van der Waals surface area contributed by atoms with Gasteiger partial charge in [-0.1, -0.05) is 78.9 Å². The van der Waals surface area contributed by atoms with Gasteiger partial charge in [-0.25, -0.2) is 0 Å². The molecule has 0 aliphatic rings. The summed E-state index contributed by atoms with van der Waals surface area (Å²) in [6, 6.07) is 40.0. The van der Waals surface area contributed by atoms with Gasteiger partial charge in [0.1, 0.15) is 17.2 Å². The average Bonchev–Trinajstić information content (AvgIpc) is 2.98. The summed E-state index contributed by atoms with van der Waals surface area (Å²) in [7, 11) is 0. The molecule has 6 aromatic carbocycles. The van der Waals surface area contributed by atoms with Gasteiger partial charge in [-0.15, -0.1) is 12.4 Å². The highest BCUT2D eigenvalue weighted by Gasteiger charge is 2.12. The molecular weight excluding hydrogens is 530 g/mol. The van der Waals surface area contributed by atoms with Crippen molar-refractivity contribution in [1.29, 1.82) is 0 Å². The molecule has 0 bridgehead atoms. The van der Waals surface area contributed by atoms with E-state index in [4.69, 9.17) is 4.74 Å². The van der Waals surface area contributed by atoms with Crippen LogP contribution in [0.5, 0.6) is 17.2 Å². The molecule has 0 saturated heterocycles. The number of phenolic OH excluding ortho intramolecular Hbond substituents is 2. The molecular formula is C36H32ClNO3. The minimum Gasteiger partial charge on any atom is -0.508 e. The molecule has 0 aromatic heterocycles. The molecule has 0 fully saturated rings. The zero-order valence-corrected chi connectivity index (χ0v) is 23.4. The van der Waals surface area contributed by atoms with Crippen LogP contribution in [-0.4, -0.2) is 23.4 Å². The van der Waals surface area contributed by atoms with Crippen LogP contribution in [0.3, 0.4) is 0 Å². The standard InChI is InChI=1S/C36H31NO3.ClH/c38-29-14-11-27(12-15-29)32-19-13-28-24-30(39)16-20-33(28)35(32)23-25-9-17-31(18-10-25)40-22-4-21-37-36-8-3-6-26-5-1-2-7-34(26)36;/h1-3,5-20,24,37-39H,4,21-23H2;1H. The van der Waals surface area contributed by atoms with Gasteiger partial charge in [0, 0.05) is 17.6 Å². The smallest absolute Gasteiger partial charge is 0.119 e. The molecule has 0 aliphatic carbocycles. The molecule has 0 spiro atoms. The molecule has 0 radical (unpaired) electrons. The molecule has 41 heavy (non-hydrogen) atoms. The SMILES string of the molecule is Cl.Oc1ccc(-c2ccc3cc(O)ccc3c2Cc2ccc(OCCCNc3cccc4ccccc34)cc2)cc1. The highest BCUT2D eigenvalue weighted by atomic mass is 35.5. The van der Waals surface area contributed by atoms with Crippen molar-refractivity contribution < 1.29 is 14.9 Å². The lowest BCUT2D eigenvalue weighted by atomic mass is 9.90. The first kappa shape index (κ1) is 27.9. The Hall–Kier alpha value is -4.67. The molecule has 0 amide bonds. The summed E-state index contributed by atoms with van der Waals surface area (Å²) in [5.74, 6) is 1.36. The van der Waals surface area contributed by atoms with Crippen molar-refractivity contribution in [3.63, 3.8) is 0 Å². The fourth-order valence-electron chi connectivity index (χ4n) is 5.26. The third-order valence-electron chi connectivity index (χ3n) is 7.29. The number of benzene rings is 6. The van der Waals surface area contributed by atoms with Gasteiger partial charge in [-0.3, -0.25) is 0 Å². The van der Waals surface area contributed by atoms with E-state index in [0.717, 1.165) is 52.7 Å². The van der Waals surface area contributed by atoms with E-state index in [1.165, 1.54) is 21.9 Å². The molecule has 0 atom stereocenters. The number of ether oxygens (including phenoxy) is 1. The monoisotopic (exact) mass is 561 g/mol. The zero-order chi connectivity index (χ0) is 27.3. The topological polar surface area (TPSA) is 61.7 Å². The van der Waals surface area contributed by atoms with Gasteiger partial charge in [0.05, 0.1) is 6.61 Å². The maximum Gasteiger partial charge on any atom is 0.119 e. The van der Waals surface area contributed by atoms with Crippen LogP contribution in [0.15, 0.2) is 121 Å². The molecule has 4 nitrogen and oxygen atoms in total. The summed E-state index contributed by atoms with van der Waals surface area (Å²) >= 11 is 0. The van der Waals surface area contributed by atoms with Crippen molar-refractivity contribution >= 4 is 39.6 Å². The number of phenols is 2. The molecule has 3 N–H and O–H groups in total. The van der Waals surface area contributed by atoms with Crippen LogP contribution in [0, 0.1) is 0 Å². The van der Waals surface area contributed by atoms with E-state index in [0.29, 0.717) is 6.61 Å². The van der Waals surface area contributed by atoms with Crippen LogP contribution in [0.25, 0.3) is 32.7 Å². The van der Waals surface area contributed by atoms with Gasteiger partial charge in [-0.05, 0) is 93.7 Å². The molecule has 6 rings (SSSR count). The number of anilines is 1. The van der Waals surface area contributed by atoms with Gasteiger partial charge in [0.15, 0.2) is 0 Å². The number of aromatic hydroxyl groups is 2. The van der Waals surface area contributed by atoms with Crippen LogP contribution < -0.4 is 10.1 Å². The quantitative estimate of drug-likeness (QED) is 0.154. The second-order valence-corrected chi connectivity index (χ2v) is 10.0. The molecule has 0 aliphatic heterocycles. The lowest BCUT2D eigenvalue weighted by Crippen LogP contribution is -2.07. The number of halogens is 1. The summed E-state index contributed by atoms with van der Waals surface area (Å²) in [6.07, 6.45) is 1.62. The Balaban J connectivity index is 0.00000337. The normalized spacial score (nSPS) is 10.8. The van der Waals surface area contributed by atoms with Crippen molar-refractivity contribution in [2.24, 2.45) is 0 Å². The Kier molecular flexibility index (Phi) is 8.61. The summed E-state index contributed by atoms with van der Waals surface area (Å²) in [6.45, 7) is 1.47. The van der Waals surface area contributed by atoms with Crippen LogP contribution in [0.4, 0.5) is 5.69 Å². The fraction of sp³-hybridized carbons (Fsp3) is 0.111. The van der Waals surface area contributed by atoms with Crippen molar-refractivity contribution in [3.05, 3.63) is 132 Å². The highest BCUT2D eigenvalue weighted by Crippen LogP contribution is 2.34. The number of hydrogen-bond donors (Lipinski definition) is 3. The van der Waals surface area contributed by atoms with Gasteiger partial charge in [-0.2, -0.15) is 0 Å². The Morgan fingerprint density at radius 1 is 0.634 bits per heavy atom. The molecule has 5 heteroatoms. The van der Waals surface area contributed by atoms with Crippen LogP contribution in [0.2, 0.25) is 0 Å². The third kappa shape index (κ3) is 6.40.